The zero-order valence-corrected chi connectivity index (χ0v) is 12.2. The molecule has 0 heterocycles. The van der Waals surface area contributed by atoms with Gasteiger partial charge in [0.1, 0.15) is 0 Å². The Morgan fingerprint density at radius 3 is 2.40 bits per heavy atom. The molecular formula is C10H24NO2PS. The third kappa shape index (κ3) is 7.40. The Bertz CT molecular complexity index is 212. The van der Waals surface area contributed by atoms with Crippen LogP contribution in [0.4, 0.5) is 0 Å². The average Bonchev–Trinajstić information content (AvgIpc) is 2.17. The first-order valence-corrected chi connectivity index (χ1v) is 8.90. The minimum Gasteiger partial charge on any atom is -0.318 e. The molecule has 0 aliphatic rings. The summed E-state index contributed by atoms with van der Waals surface area (Å²) in [6.45, 7) is 4.47. The lowest BCUT2D eigenvalue weighted by Crippen LogP contribution is -2.15. The normalized spacial score (nSPS) is 17.7. The largest absolute Gasteiger partial charge is 0.318 e. The molecule has 0 amide bonds. The van der Waals surface area contributed by atoms with Crippen molar-refractivity contribution < 1.29 is 9.09 Å². The van der Waals surface area contributed by atoms with Gasteiger partial charge in [0.25, 0.3) is 6.57 Å². The molecule has 0 aliphatic carbocycles. The van der Waals surface area contributed by atoms with Gasteiger partial charge in [-0.25, -0.2) is 0 Å². The van der Waals surface area contributed by atoms with Crippen molar-refractivity contribution in [3.8, 4) is 0 Å². The van der Waals surface area contributed by atoms with Gasteiger partial charge in [-0.3, -0.25) is 4.57 Å². The second-order valence-corrected chi connectivity index (χ2v) is 9.06. The highest BCUT2D eigenvalue weighted by atomic mass is 32.7. The third-order valence-electron chi connectivity index (χ3n) is 2.13. The summed E-state index contributed by atoms with van der Waals surface area (Å²) in [5, 5.41) is 0. The standard InChI is InChI=1S/C10H24NO2PS/c1-6-10(3)13-14(12,7-2)15-9-8-11(4)5/h10H,6-9H2,1-5H3. The summed E-state index contributed by atoms with van der Waals surface area (Å²) >= 11 is 1.49. The third-order valence-corrected chi connectivity index (χ3v) is 7.10. The molecule has 0 spiro atoms. The van der Waals surface area contributed by atoms with Gasteiger partial charge in [0.2, 0.25) is 0 Å². The molecule has 0 radical (unpaired) electrons. The van der Waals surface area contributed by atoms with Gasteiger partial charge in [0, 0.05) is 18.5 Å². The highest BCUT2D eigenvalue weighted by Crippen LogP contribution is 2.60. The molecule has 92 valence electrons. The van der Waals surface area contributed by atoms with Gasteiger partial charge in [-0.1, -0.05) is 25.2 Å². The van der Waals surface area contributed by atoms with Crippen LogP contribution in [-0.2, 0) is 9.09 Å². The van der Waals surface area contributed by atoms with Crippen LogP contribution in [0.25, 0.3) is 0 Å². The first kappa shape index (κ1) is 15.5. The minimum atomic E-state index is -2.44. The summed E-state index contributed by atoms with van der Waals surface area (Å²) in [7, 11) is 4.04. The number of nitrogens with zero attached hydrogens (tertiary/aromatic N) is 1. The SMILES string of the molecule is CCC(C)OP(=O)(CC)SCCN(C)C. The van der Waals surface area contributed by atoms with E-state index in [9.17, 15) is 4.57 Å². The summed E-state index contributed by atoms with van der Waals surface area (Å²) in [5.41, 5.74) is 0. The van der Waals surface area contributed by atoms with Crippen molar-refractivity contribution in [2.45, 2.75) is 33.3 Å². The predicted octanol–water partition coefficient (Wildman–Crippen LogP) is 3.31. The van der Waals surface area contributed by atoms with Gasteiger partial charge in [0.05, 0.1) is 6.10 Å². The Kier molecular flexibility index (Phi) is 7.98. The molecule has 0 fully saturated rings. The summed E-state index contributed by atoms with van der Waals surface area (Å²) in [5.74, 6) is 0.870. The Hall–Kier alpha value is 0.500. The molecule has 0 aromatic rings. The Labute approximate surface area is 98.1 Å². The van der Waals surface area contributed by atoms with Crippen LogP contribution in [0.15, 0.2) is 0 Å². The van der Waals surface area contributed by atoms with Crippen LogP contribution in [0.5, 0.6) is 0 Å². The van der Waals surface area contributed by atoms with E-state index in [2.05, 4.69) is 11.8 Å². The van der Waals surface area contributed by atoms with Crippen LogP contribution in [0.1, 0.15) is 27.2 Å². The maximum absolute atomic E-state index is 12.3. The molecule has 0 rings (SSSR count). The van der Waals surface area contributed by atoms with E-state index in [0.29, 0.717) is 6.16 Å². The van der Waals surface area contributed by atoms with E-state index < -0.39 is 6.57 Å². The smallest absolute Gasteiger partial charge is 0.257 e. The van der Waals surface area contributed by atoms with E-state index >= 15 is 0 Å². The number of hydrogen-bond acceptors (Lipinski definition) is 4. The second-order valence-electron chi connectivity index (χ2n) is 3.89. The lowest BCUT2D eigenvalue weighted by Gasteiger charge is -2.20. The van der Waals surface area contributed by atoms with Crippen molar-refractivity contribution in [3.05, 3.63) is 0 Å². The first-order chi connectivity index (χ1) is 6.93. The lowest BCUT2D eigenvalue weighted by molar-refractivity contribution is 0.228. The van der Waals surface area contributed by atoms with Gasteiger partial charge >= 0.3 is 0 Å². The van der Waals surface area contributed by atoms with Gasteiger partial charge in [-0.05, 0) is 27.4 Å². The summed E-state index contributed by atoms with van der Waals surface area (Å²) in [4.78, 5) is 2.09. The zero-order chi connectivity index (χ0) is 11.9. The fraction of sp³-hybridized carbons (Fsp3) is 1.00. The molecule has 5 heteroatoms. The molecule has 15 heavy (non-hydrogen) atoms. The van der Waals surface area contributed by atoms with Crippen molar-refractivity contribution in [2.75, 3.05) is 32.6 Å². The average molecular weight is 253 g/mol. The molecule has 2 unspecified atom stereocenters. The van der Waals surface area contributed by atoms with E-state index in [-0.39, 0.29) is 6.10 Å². The van der Waals surface area contributed by atoms with E-state index in [1.165, 1.54) is 11.4 Å². The fourth-order valence-electron chi connectivity index (χ4n) is 0.907. The molecular weight excluding hydrogens is 229 g/mol. The molecule has 0 bridgehead atoms. The Morgan fingerprint density at radius 2 is 2.00 bits per heavy atom. The van der Waals surface area contributed by atoms with E-state index in [0.717, 1.165) is 18.7 Å². The van der Waals surface area contributed by atoms with E-state index in [4.69, 9.17) is 4.52 Å². The number of hydrogen-bond donors (Lipinski definition) is 0. The zero-order valence-electron chi connectivity index (χ0n) is 10.5. The summed E-state index contributed by atoms with van der Waals surface area (Å²) in [6.07, 6.45) is 1.64. The molecule has 0 aliphatic heterocycles. The van der Waals surface area contributed by atoms with Crippen LogP contribution < -0.4 is 0 Å². The van der Waals surface area contributed by atoms with Crippen molar-refractivity contribution in [3.63, 3.8) is 0 Å². The maximum atomic E-state index is 12.3. The van der Waals surface area contributed by atoms with Crippen molar-refractivity contribution in [1.29, 1.82) is 0 Å². The molecule has 0 saturated carbocycles. The molecule has 0 aromatic carbocycles. The molecule has 2 atom stereocenters. The highest BCUT2D eigenvalue weighted by Gasteiger charge is 2.23. The van der Waals surface area contributed by atoms with Gasteiger partial charge in [-0.2, -0.15) is 0 Å². The molecule has 3 nitrogen and oxygen atoms in total. The van der Waals surface area contributed by atoms with Crippen LogP contribution in [-0.4, -0.2) is 43.6 Å². The van der Waals surface area contributed by atoms with Crippen LogP contribution >= 0.6 is 18.0 Å². The van der Waals surface area contributed by atoms with Crippen LogP contribution in [0.3, 0.4) is 0 Å². The Morgan fingerprint density at radius 1 is 1.40 bits per heavy atom. The van der Waals surface area contributed by atoms with Gasteiger partial charge < -0.3 is 9.42 Å². The first-order valence-electron chi connectivity index (χ1n) is 5.50. The van der Waals surface area contributed by atoms with Crippen molar-refractivity contribution in [1.82, 2.24) is 4.90 Å². The van der Waals surface area contributed by atoms with Crippen LogP contribution in [0.2, 0.25) is 0 Å². The summed E-state index contributed by atoms with van der Waals surface area (Å²) < 4.78 is 17.9. The second kappa shape index (κ2) is 7.72. The Balaban J connectivity index is 4.02. The quantitative estimate of drug-likeness (QED) is 0.621. The van der Waals surface area contributed by atoms with Gasteiger partial charge in [0.15, 0.2) is 0 Å². The van der Waals surface area contributed by atoms with Crippen molar-refractivity contribution in [2.24, 2.45) is 0 Å². The highest BCUT2D eigenvalue weighted by molar-refractivity contribution is 8.56. The van der Waals surface area contributed by atoms with Gasteiger partial charge in [-0.15, -0.1) is 0 Å². The number of rotatable bonds is 8. The van der Waals surface area contributed by atoms with E-state index in [1.54, 1.807) is 0 Å². The molecule has 0 saturated heterocycles. The summed E-state index contributed by atoms with van der Waals surface area (Å²) in [6, 6.07) is 0. The predicted molar refractivity (Wildman–Crippen MR) is 70.0 cm³/mol. The van der Waals surface area contributed by atoms with E-state index in [1.807, 2.05) is 27.9 Å². The van der Waals surface area contributed by atoms with Crippen LogP contribution in [0, 0.1) is 0 Å². The monoisotopic (exact) mass is 253 g/mol. The van der Waals surface area contributed by atoms with Crippen molar-refractivity contribution >= 4 is 18.0 Å². The maximum Gasteiger partial charge on any atom is 0.257 e. The lowest BCUT2D eigenvalue weighted by atomic mass is 10.3. The topological polar surface area (TPSA) is 29.5 Å². The molecule has 0 N–H and O–H groups in total. The minimum absolute atomic E-state index is 0.0997. The fourth-order valence-corrected chi connectivity index (χ4v) is 4.97. The molecule has 0 aromatic heterocycles.